The Labute approximate surface area is 94.8 Å². The Morgan fingerprint density at radius 1 is 1.56 bits per heavy atom. The molecule has 0 bridgehead atoms. The SMILES string of the molecule is COCc1cccc(NC(=O)C2(N)CC2)c1. The molecule has 3 N–H and O–H groups in total. The van der Waals surface area contributed by atoms with Crippen molar-refractivity contribution in [2.75, 3.05) is 12.4 Å². The Morgan fingerprint density at radius 2 is 2.31 bits per heavy atom. The second-order valence-corrected chi connectivity index (χ2v) is 4.24. The first-order valence-electron chi connectivity index (χ1n) is 5.32. The van der Waals surface area contributed by atoms with Gasteiger partial charge in [0.1, 0.15) is 0 Å². The van der Waals surface area contributed by atoms with E-state index in [0.29, 0.717) is 6.61 Å². The van der Waals surface area contributed by atoms with E-state index in [2.05, 4.69) is 5.32 Å². The highest BCUT2D eigenvalue weighted by Gasteiger charge is 2.45. The molecule has 0 unspecified atom stereocenters. The summed E-state index contributed by atoms with van der Waals surface area (Å²) < 4.78 is 5.03. The van der Waals surface area contributed by atoms with Crippen molar-refractivity contribution < 1.29 is 9.53 Å². The van der Waals surface area contributed by atoms with Crippen molar-refractivity contribution in [1.29, 1.82) is 0 Å². The number of amides is 1. The fraction of sp³-hybridized carbons (Fsp3) is 0.417. The maximum atomic E-state index is 11.7. The lowest BCUT2D eigenvalue weighted by atomic mass is 10.2. The van der Waals surface area contributed by atoms with Crippen LogP contribution in [0.4, 0.5) is 5.69 Å². The Balaban J connectivity index is 2.03. The zero-order valence-electron chi connectivity index (χ0n) is 9.32. The number of rotatable bonds is 4. The molecule has 0 atom stereocenters. The van der Waals surface area contributed by atoms with Gasteiger partial charge in [0.05, 0.1) is 12.1 Å². The molecule has 4 heteroatoms. The molecule has 86 valence electrons. The molecule has 16 heavy (non-hydrogen) atoms. The number of hydrogen-bond donors (Lipinski definition) is 2. The number of carbonyl (C=O) groups excluding carboxylic acids is 1. The van der Waals surface area contributed by atoms with E-state index in [1.165, 1.54) is 0 Å². The molecule has 0 radical (unpaired) electrons. The van der Waals surface area contributed by atoms with Crippen LogP contribution in [0.15, 0.2) is 24.3 Å². The quantitative estimate of drug-likeness (QED) is 0.803. The number of anilines is 1. The third-order valence-corrected chi connectivity index (χ3v) is 2.74. The van der Waals surface area contributed by atoms with Crippen molar-refractivity contribution in [2.45, 2.75) is 25.0 Å². The summed E-state index contributed by atoms with van der Waals surface area (Å²) in [4.78, 5) is 11.7. The van der Waals surface area contributed by atoms with Crippen molar-refractivity contribution in [1.82, 2.24) is 0 Å². The van der Waals surface area contributed by atoms with Crippen LogP contribution in [0.3, 0.4) is 0 Å². The van der Waals surface area contributed by atoms with Crippen LogP contribution in [-0.2, 0) is 16.1 Å². The van der Waals surface area contributed by atoms with Crippen LogP contribution in [-0.4, -0.2) is 18.6 Å². The minimum Gasteiger partial charge on any atom is -0.380 e. The van der Waals surface area contributed by atoms with E-state index in [1.807, 2.05) is 24.3 Å². The van der Waals surface area contributed by atoms with Gasteiger partial charge in [0, 0.05) is 12.8 Å². The summed E-state index contributed by atoms with van der Waals surface area (Å²) in [7, 11) is 1.64. The van der Waals surface area contributed by atoms with Gasteiger partial charge in [-0.25, -0.2) is 0 Å². The molecule has 0 spiro atoms. The molecule has 0 aromatic heterocycles. The van der Waals surface area contributed by atoms with Gasteiger partial charge in [-0.2, -0.15) is 0 Å². The molecular weight excluding hydrogens is 204 g/mol. The molecular formula is C12H16N2O2. The lowest BCUT2D eigenvalue weighted by molar-refractivity contribution is -0.118. The third-order valence-electron chi connectivity index (χ3n) is 2.74. The number of ether oxygens (including phenoxy) is 1. The molecule has 0 aliphatic heterocycles. The monoisotopic (exact) mass is 220 g/mol. The summed E-state index contributed by atoms with van der Waals surface area (Å²) in [5.74, 6) is -0.0953. The van der Waals surface area contributed by atoms with Gasteiger partial charge >= 0.3 is 0 Å². The molecule has 1 aliphatic rings. The van der Waals surface area contributed by atoms with Gasteiger partial charge in [-0.1, -0.05) is 12.1 Å². The predicted molar refractivity (Wildman–Crippen MR) is 61.9 cm³/mol. The van der Waals surface area contributed by atoms with E-state index >= 15 is 0 Å². The number of nitrogens with two attached hydrogens (primary N) is 1. The van der Waals surface area contributed by atoms with Crippen LogP contribution < -0.4 is 11.1 Å². The van der Waals surface area contributed by atoms with Gasteiger partial charge < -0.3 is 15.8 Å². The molecule has 2 rings (SSSR count). The van der Waals surface area contributed by atoms with Crippen LogP contribution in [0, 0.1) is 0 Å². The zero-order chi connectivity index (χ0) is 11.6. The van der Waals surface area contributed by atoms with Crippen molar-refractivity contribution in [3.05, 3.63) is 29.8 Å². The van der Waals surface area contributed by atoms with E-state index < -0.39 is 5.54 Å². The Kier molecular flexibility index (Phi) is 2.94. The number of benzene rings is 1. The van der Waals surface area contributed by atoms with Crippen LogP contribution in [0.2, 0.25) is 0 Å². The summed E-state index contributed by atoms with van der Waals surface area (Å²) >= 11 is 0. The Hall–Kier alpha value is -1.39. The smallest absolute Gasteiger partial charge is 0.244 e. The molecule has 1 aliphatic carbocycles. The van der Waals surface area contributed by atoms with Crippen molar-refractivity contribution in [3.63, 3.8) is 0 Å². The predicted octanol–water partition coefficient (Wildman–Crippen LogP) is 1.26. The molecule has 0 saturated heterocycles. The normalized spacial score (nSPS) is 16.9. The first kappa shape index (κ1) is 11.1. The van der Waals surface area contributed by atoms with Gasteiger partial charge in [0.2, 0.25) is 5.91 Å². The number of carbonyl (C=O) groups is 1. The third kappa shape index (κ3) is 2.40. The lowest BCUT2D eigenvalue weighted by Gasteiger charge is -2.10. The highest BCUT2D eigenvalue weighted by atomic mass is 16.5. The first-order chi connectivity index (χ1) is 7.64. The highest BCUT2D eigenvalue weighted by molar-refractivity contribution is 6.00. The van der Waals surface area contributed by atoms with E-state index in [1.54, 1.807) is 7.11 Å². The lowest BCUT2D eigenvalue weighted by Crippen LogP contribution is -2.37. The zero-order valence-corrected chi connectivity index (χ0v) is 9.32. The first-order valence-corrected chi connectivity index (χ1v) is 5.32. The van der Waals surface area contributed by atoms with Crippen LogP contribution in [0.25, 0.3) is 0 Å². The number of methoxy groups -OCH3 is 1. The average Bonchev–Trinajstić information content (AvgIpc) is 2.99. The van der Waals surface area contributed by atoms with Crippen molar-refractivity contribution in [2.24, 2.45) is 5.73 Å². The van der Waals surface area contributed by atoms with Gasteiger partial charge in [-0.05, 0) is 30.5 Å². The largest absolute Gasteiger partial charge is 0.380 e. The fourth-order valence-electron chi connectivity index (χ4n) is 1.52. The summed E-state index contributed by atoms with van der Waals surface area (Å²) in [5.41, 5.74) is 6.97. The summed E-state index contributed by atoms with van der Waals surface area (Å²) in [6.45, 7) is 0.539. The van der Waals surface area contributed by atoms with Gasteiger partial charge in [-0.15, -0.1) is 0 Å². The topological polar surface area (TPSA) is 64.3 Å². The maximum absolute atomic E-state index is 11.7. The molecule has 4 nitrogen and oxygen atoms in total. The highest BCUT2D eigenvalue weighted by Crippen LogP contribution is 2.33. The molecule has 0 heterocycles. The van der Waals surface area contributed by atoms with Crippen LogP contribution in [0.1, 0.15) is 18.4 Å². The fourth-order valence-corrected chi connectivity index (χ4v) is 1.52. The molecule has 1 amide bonds. The Morgan fingerprint density at radius 3 is 2.94 bits per heavy atom. The van der Waals surface area contributed by atoms with E-state index in [0.717, 1.165) is 24.1 Å². The molecule has 1 fully saturated rings. The minimum absolute atomic E-state index is 0.0953. The second kappa shape index (κ2) is 4.23. The van der Waals surface area contributed by atoms with Gasteiger partial charge in [-0.3, -0.25) is 4.79 Å². The van der Waals surface area contributed by atoms with E-state index in [4.69, 9.17) is 10.5 Å². The summed E-state index contributed by atoms with van der Waals surface area (Å²) in [6.07, 6.45) is 1.55. The van der Waals surface area contributed by atoms with Crippen LogP contribution >= 0.6 is 0 Å². The molecule has 1 aromatic carbocycles. The molecule has 1 aromatic rings. The van der Waals surface area contributed by atoms with E-state index in [9.17, 15) is 4.79 Å². The van der Waals surface area contributed by atoms with Gasteiger partial charge in [0.15, 0.2) is 0 Å². The van der Waals surface area contributed by atoms with Crippen molar-refractivity contribution in [3.8, 4) is 0 Å². The summed E-state index contributed by atoms with van der Waals surface area (Å²) in [5, 5.41) is 2.82. The standard InChI is InChI=1S/C12H16N2O2/c1-16-8-9-3-2-4-10(7-9)14-11(15)12(13)5-6-12/h2-4,7H,5-6,8,13H2,1H3,(H,14,15). The Bertz CT molecular complexity index is 400. The van der Waals surface area contributed by atoms with Crippen LogP contribution in [0.5, 0.6) is 0 Å². The van der Waals surface area contributed by atoms with Gasteiger partial charge in [0.25, 0.3) is 0 Å². The number of hydrogen-bond acceptors (Lipinski definition) is 3. The van der Waals surface area contributed by atoms with E-state index in [-0.39, 0.29) is 5.91 Å². The molecule has 1 saturated carbocycles. The number of nitrogens with one attached hydrogen (secondary N) is 1. The average molecular weight is 220 g/mol. The second-order valence-electron chi connectivity index (χ2n) is 4.24. The maximum Gasteiger partial charge on any atom is 0.244 e. The minimum atomic E-state index is -0.628. The van der Waals surface area contributed by atoms with Crippen molar-refractivity contribution >= 4 is 11.6 Å². The summed E-state index contributed by atoms with van der Waals surface area (Å²) in [6, 6.07) is 7.59.